The molecule has 0 unspecified atom stereocenters. The molecular formula is C26H38N4O4. The number of urea groups is 1. The first kappa shape index (κ1) is 23.5. The van der Waals surface area contributed by atoms with E-state index in [9.17, 15) is 9.90 Å². The Balaban J connectivity index is 1.53. The molecule has 2 amide bonds. The molecule has 2 saturated heterocycles. The van der Waals surface area contributed by atoms with Crippen LogP contribution in [0.3, 0.4) is 0 Å². The Bertz CT molecular complexity index is 1040. The van der Waals surface area contributed by atoms with Crippen molar-refractivity contribution >= 4 is 16.9 Å². The van der Waals surface area contributed by atoms with Crippen LogP contribution >= 0.6 is 0 Å². The van der Waals surface area contributed by atoms with E-state index >= 15 is 0 Å². The number of carbonyl (C=O) groups excluding carboxylic acids is 1. The summed E-state index contributed by atoms with van der Waals surface area (Å²) in [7, 11) is 3.73. The number of methoxy groups -OCH3 is 1. The molecular weight excluding hydrogens is 432 g/mol. The molecule has 0 aliphatic carbocycles. The predicted molar refractivity (Wildman–Crippen MR) is 131 cm³/mol. The van der Waals surface area contributed by atoms with Crippen molar-refractivity contribution < 1.29 is 19.4 Å². The summed E-state index contributed by atoms with van der Waals surface area (Å²) in [6, 6.07) is 5.78. The van der Waals surface area contributed by atoms with Crippen LogP contribution in [0.2, 0.25) is 0 Å². The number of nitrogens with zero attached hydrogens (tertiary/aromatic N) is 3. The van der Waals surface area contributed by atoms with Gasteiger partial charge in [-0.15, -0.1) is 0 Å². The van der Waals surface area contributed by atoms with Crippen LogP contribution in [0.1, 0.15) is 43.5 Å². The highest BCUT2D eigenvalue weighted by atomic mass is 16.5. The number of aliphatic hydroxyl groups excluding tert-OH is 1. The van der Waals surface area contributed by atoms with Gasteiger partial charge in [0.15, 0.2) is 0 Å². The lowest BCUT2D eigenvalue weighted by Gasteiger charge is -2.57. The van der Waals surface area contributed by atoms with Gasteiger partial charge < -0.3 is 34.3 Å². The van der Waals surface area contributed by atoms with E-state index < -0.39 is 0 Å². The second-order valence-corrected chi connectivity index (χ2v) is 10.3. The summed E-state index contributed by atoms with van der Waals surface area (Å²) in [6.45, 7) is 7.88. The highest BCUT2D eigenvalue weighted by Gasteiger charge is 2.54. The molecule has 1 aromatic carbocycles. The van der Waals surface area contributed by atoms with Gasteiger partial charge in [-0.05, 0) is 42.9 Å². The number of fused-ring (bicyclic) bond motifs is 4. The summed E-state index contributed by atoms with van der Waals surface area (Å²) in [5.41, 5.74) is 3.30. The zero-order valence-corrected chi connectivity index (χ0v) is 20.7. The normalized spacial score (nSPS) is 22.6. The number of hydrogen-bond donors (Lipinski definition) is 2. The van der Waals surface area contributed by atoms with E-state index in [-0.39, 0.29) is 24.1 Å². The van der Waals surface area contributed by atoms with Gasteiger partial charge in [0, 0.05) is 75.5 Å². The first-order valence-electron chi connectivity index (χ1n) is 12.6. The lowest BCUT2D eigenvalue weighted by atomic mass is 9.68. The van der Waals surface area contributed by atoms with Crippen LogP contribution in [-0.2, 0) is 17.2 Å². The summed E-state index contributed by atoms with van der Waals surface area (Å²) in [5, 5.41) is 14.7. The molecule has 0 saturated carbocycles. The van der Waals surface area contributed by atoms with E-state index in [1.54, 1.807) is 7.11 Å². The van der Waals surface area contributed by atoms with Crippen LogP contribution in [0, 0.1) is 5.92 Å². The molecule has 8 nitrogen and oxygen atoms in total. The molecule has 0 radical (unpaired) electrons. The summed E-state index contributed by atoms with van der Waals surface area (Å²) in [4.78, 5) is 17.7. The summed E-state index contributed by atoms with van der Waals surface area (Å²) in [5.74, 6) is 1.49. The largest absolute Gasteiger partial charge is 0.497 e. The number of carbonyl (C=O) groups is 1. The Morgan fingerprint density at radius 2 is 2.03 bits per heavy atom. The van der Waals surface area contributed by atoms with Crippen LogP contribution in [0.15, 0.2) is 18.2 Å². The molecule has 3 aliphatic heterocycles. The maximum absolute atomic E-state index is 13.2. The highest BCUT2D eigenvalue weighted by Crippen LogP contribution is 2.49. The fourth-order valence-electron chi connectivity index (χ4n) is 6.40. The number of benzene rings is 1. The Labute approximate surface area is 201 Å². The number of likely N-dealkylation sites (tertiary alicyclic amines) is 1. The van der Waals surface area contributed by atoms with Crippen LogP contribution in [-0.4, -0.2) is 85.2 Å². The second-order valence-electron chi connectivity index (χ2n) is 10.3. The first-order valence-corrected chi connectivity index (χ1v) is 12.6. The third-order valence-electron chi connectivity index (χ3n) is 8.02. The Hall–Kier alpha value is -2.29. The molecule has 2 aromatic rings. The van der Waals surface area contributed by atoms with E-state index in [0.717, 1.165) is 69.1 Å². The second kappa shape index (κ2) is 9.40. The topological polar surface area (TPSA) is 79.2 Å². The molecule has 5 rings (SSSR count). The molecule has 8 heteroatoms. The van der Waals surface area contributed by atoms with Crippen molar-refractivity contribution in [2.24, 2.45) is 13.0 Å². The highest BCUT2D eigenvalue weighted by molar-refractivity contribution is 5.89. The van der Waals surface area contributed by atoms with E-state index in [0.29, 0.717) is 19.0 Å². The number of ether oxygens (including phenoxy) is 2. The van der Waals surface area contributed by atoms with E-state index in [4.69, 9.17) is 9.47 Å². The SMILES string of the molecule is CCCNC(=O)N1CC2(CN(CC3CCOCC3)C2)c2c(n(C)c3cc(OC)ccc23)[C@H]1CO. The smallest absolute Gasteiger partial charge is 0.318 e. The summed E-state index contributed by atoms with van der Waals surface area (Å²) in [6.07, 6.45) is 3.13. The fraction of sp³-hybridized carbons (Fsp3) is 0.654. The van der Waals surface area contributed by atoms with Crippen molar-refractivity contribution in [1.29, 1.82) is 0 Å². The van der Waals surface area contributed by atoms with Gasteiger partial charge in [-0.3, -0.25) is 0 Å². The van der Waals surface area contributed by atoms with Crippen molar-refractivity contribution in [1.82, 2.24) is 19.7 Å². The number of nitrogens with one attached hydrogen (secondary N) is 1. The Morgan fingerprint density at radius 1 is 1.26 bits per heavy atom. The number of hydrogen-bond acceptors (Lipinski definition) is 5. The van der Waals surface area contributed by atoms with Crippen molar-refractivity contribution in [2.45, 2.75) is 37.6 Å². The van der Waals surface area contributed by atoms with Gasteiger partial charge in [-0.25, -0.2) is 4.79 Å². The molecule has 2 N–H and O–H groups in total. The van der Waals surface area contributed by atoms with Gasteiger partial charge in [-0.1, -0.05) is 6.92 Å². The maximum atomic E-state index is 13.2. The van der Waals surface area contributed by atoms with Crippen LogP contribution in [0.5, 0.6) is 5.75 Å². The lowest BCUT2D eigenvalue weighted by Crippen LogP contribution is -2.68. The van der Waals surface area contributed by atoms with Gasteiger partial charge in [0.2, 0.25) is 0 Å². The average Bonchev–Trinajstić information content (AvgIpc) is 3.14. The molecule has 1 atom stereocenters. The molecule has 0 bridgehead atoms. The van der Waals surface area contributed by atoms with E-state index in [1.807, 2.05) is 18.0 Å². The summed E-state index contributed by atoms with van der Waals surface area (Å²) < 4.78 is 13.2. The molecule has 4 heterocycles. The van der Waals surface area contributed by atoms with E-state index in [2.05, 4.69) is 33.8 Å². The fourth-order valence-corrected chi connectivity index (χ4v) is 6.40. The Kier molecular flexibility index (Phi) is 6.48. The van der Waals surface area contributed by atoms with Gasteiger partial charge in [-0.2, -0.15) is 0 Å². The standard InChI is InChI=1S/C26H38N4O4/c1-4-9-27-25(32)30-17-26(15-29(16-26)13-18-7-10-34-11-8-18)23-20-6-5-19(33-3)12-21(20)28(2)24(23)22(30)14-31/h5-6,12,18,22,31H,4,7-11,13-17H2,1-3H3,(H,27,32)/t22-/m1/s1. The van der Waals surface area contributed by atoms with Crippen LogP contribution in [0.4, 0.5) is 4.79 Å². The zero-order valence-electron chi connectivity index (χ0n) is 20.7. The minimum atomic E-state index is -0.370. The van der Waals surface area contributed by atoms with Gasteiger partial charge in [0.1, 0.15) is 5.75 Å². The van der Waals surface area contributed by atoms with Crippen molar-refractivity contribution in [2.75, 3.05) is 59.7 Å². The van der Waals surface area contributed by atoms with Crippen LogP contribution in [0.25, 0.3) is 10.9 Å². The minimum Gasteiger partial charge on any atom is -0.497 e. The first-order chi connectivity index (χ1) is 16.5. The number of rotatable bonds is 6. The molecule has 34 heavy (non-hydrogen) atoms. The molecule has 1 aromatic heterocycles. The van der Waals surface area contributed by atoms with Gasteiger partial charge >= 0.3 is 6.03 Å². The number of aromatic nitrogens is 1. The van der Waals surface area contributed by atoms with Gasteiger partial charge in [0.25, 0.3) is 0 Å². The molecule has 1 spiro atoms. The average molecular weight is 471 g/mol. The maximum Gasteiger partial charge on any atom is 0.318 e. The van der Waals surface area contributed by atoms with Crippen molar-refractivity contribution in [3.63, 3.8) is 0 Å². The van der Waals surface area contributed by atoms with Crippen molar-refractivity contribution in [3.05, 3.63) is 29.5 Å². The number of aryl methyl sites for hydroxylation is 1. The molecule has 2 fully saturated rings. The van der Waals surface area contributed by atoms with Crippen LogP contribution < -0.4 is 10.1 Å². The Morgan fingerprint density at radius 3 is 2.71 bits per heavy atom. The predicted octanol–water partition coefficient (Wildman–Crippen LogP) is 2.64. The quantitative estimate of drug-likeness (QED) is 0.679. The zero-order chi connectivity index (χ0) is 23.9. The number of amides is 2. The third-order valence-corrected chi connectivity index (χ3v) is 8.02. The number of aliphatic hydroxyl groups is 1. The molecule has 3 aliphatic rings. The molecule has 186 valence electrons. The lowest BCUT2D eigenvalue weighted by molar-refractivity contribution is -0.0137. The monoisotopic (exact) mass is 470 g/mol. The summed E-state index contributed by atoms with van der Waals surface area (Å²) >= 11 is 0. The minimum absolute atomic E-state index is 0.0864. The van der Waals surface area contributed by atoms with Gasteiger partial charge in [0.05, 0.1) is 25.3 Å². The van der Waals surface area contributed by atoms with E-state index in [1.165, 1.54) is 10.9 Å². The third kappa shape index (κ3) is 3.85. The van der Waals surface area contributed by atoms with Crippen molar-refractivity contribution in [3.8, 4) is 5.75 Å².